The van der Waals surface area contributed by atoms with Gasteiger partial charge in [-0.25, -0.2) is 14.6 Å². The maximum absolute atomic E-state index is 14.2. The third kappa shape index (κ3) is 6.03. The molecule has 3 heterocycles. The molecule has 3 aromatic carbocycles. The SMILES string of the molecule is O=C1Nc2ccc(Cl)cc2[C@@]2(CCCN(C(=O)[C@H](Cc3ccccc3)Nc3ccc(-c4cccc(C(=O)O)c4)cn3)C2)O1. The van der Waals surface area contributed by atoms with Crippen molar-refractivity contribution >= 4 is 41.1 Å². The molecule has 0 aliphatic carbocycles. The molecular weight excluding hydrogens is 568 g/mol. The Labute approximate surface area is 253 Å². The van der Waals surface area contributed by atoms with E-state index in [2.05, 4.69) is 15.6 Å². The van der Waals surface area contributed by atoms with Crippen LogP contribution in [0.2, 0.25) is 5.02 Å². The van der Waals surface area contributed by atoms with Gasteiger partial charge in [-0.05, 0) is 66.4 Å². The number of benzene rings is 3. The Bertz CT molecular complexity index is 1680. The molecule has 0 radical (unpaired) electrons. The fourth-order valence-corrected chi connectivity index (χ4v) is 5.99. The molecule has 0 bridgehead atoms. The van der Waals surface area contributed by atoms with Gasteiger partial charge in [0.15, 0.2) is 5.60 Å². The number of carboxylic acid groups (broad SMARTS) is 1. The van der Waals surface area contributed by atoms with E-state index >= 15 is 0 Å². The summed E-state index contributed by atoms with van der Waals surface area (Å²) in [6, 6.07) is 24.6. The van der Waals surface area contributed by atoms with E-state index in [0.29, 0.717) is 42.3 Å². The molecule has 2 aliphatic rings. The molecule has 2 aliphatic heterocycles. The number of carbonyl (C=O) groups is 3. The van der Waals surface area contributed by atoms with Crippen LogP contribution in [0.1, 0.15) is 34.3 Å². The highest BCUT2D eigenvalue weighted by atomic mass is 35.5. The zero-order chi connectivity index (χ0) is 30.0. The van der Waals surface area contributed by atoms with Crippen molar-refractivity contribution in [3.8, 4) is 11.1 Å². The summed E-state index contributed by atoms with van der Waals surface area (Å²) in [4.78, 5) is 44.4. The molecular formula is C33H29ClN4O5. The van der Waals surface area contributed by atoms with Crippen LogP contribution in [0.25, 0.3) is 11.1 Å². The topological polar surface area (TPSA) is 121 Å². The number of carboxylic acids is 1. The van der Waals surface area contributed by atoms with E-state index in [0.717, 1.165) is 22.3 Å². The molecule has 4 aromatic rings. The fraction of sp³-hybridized carbons (Fsp3) is 0.212. The van der Waals surface area contributed by atoms with E-state index < -0.39 is 23.7 Å². The van der Waals surface area contributed by atoms with Crippen LogP contribution in [0.15, 0.2) is 91.1 Å². The average molecular weight is 597 g/mol. The van der Waals surface area contributed by atoms with Gasteiger partial charge in [0.2, 0.25) is 5.91 Å². The van der Waals surface area contributed by atoms with Crippen molar-refractivity contribution < 1.29 is 24.2 Å². The molecule has 0 saturated carbocycles. The van der Waals surface area contributed by atoms with Crippen LogP contribution in [0, 0.1) is 0 Å². The van der Waals surface area contributed by atoms with Crippen LogP contribution < -0.4 is 10.6 Å². The standard InChI is InChI=1S/C33H29ClN4O5/c34-25-11-12-27-26(18-25)33(43-32(42)37-27)14-5-15-38(20-33)30(39)28(16-21-6-2-1-3-7-21)36-29-13-10-24(19-35-29)22-8-4-9-23(17-22)31(40)41/h1-4,6-13,17-19,28H,5,14-16,20H2,(H,35,36)(H,37,42)(H,40,41)/t28-,33-/m0/s1. The van der Waals surface area contributed by atoms with Crippen molar-refractivity contribution in [3.63, 3.8) is 0 Å². The van der Waals surface area contributed by atoms with Gasteiger partial charge in [-0.15, -0.1) is 0 Å². The highest BCUT2D eigenvalue weighted by Gasteiger charge is 2.47. The monoisotopic (exact) mass is 596 g/mol. The molecule has 0 unspecified atom stereocenters. The largest absolute Gasteiger partial charge is 0.478 e. The van der Waals surface area contributed by atoms with Gasteiger partial charge in [-0.2, -0.15) is 0 Å². The van der Waals surface area contributed by atoms with Crippen LogP contribution in [-0.4, -0.2) is 52.1 Å². The first-order chi connectivity index (χ1) is 20.8. The van der Waals surface area contributed by atoms with Gasteiger partial charge >= 0.3 is 12.1 Å². The molecule has 1 aromatic heterocycles. The maximum Gasteiger partial charge on any atom is 0.412 e. The highest BCUT2D eigenvalue weighted by molar-refractivity contribution is 6.30. The predicted molar refractivity (Wildman–Crippen MR) is 163 cm³/mol. The van der Waals surface area contributed by atoms with Gasteiger partial charge in [0.05, 0.1) is 17.8 Å². The minimum atomic E-state index is -1.00. The van der Waals surface area contributed by atoms with Gasteiger partial charge in [-0.3, -0.25) is 10.1 Å². The maximum atomic E-state index is 14.2. The van der Waals surface area contributed by atoms with Crippen LogP contribution in [0.4, 0.5) is 16.3 Å². The Morgan fingerprint density at radius 1 is 1.05 bits per heavy atom. The molecule has 218 valence electrons. The number of piperidine rings is 1. The predicted octanol–water partition coefficient (Wildman–Crippen LogP) is 6.20. The first-order valence-electron chi connectivity index (χ1n) is 14.0. The molecule has 1 fully saturated rings. The lowest BCUT2D eigenvalue weighted by atomic mass is 9.83. The van der Waals surface area contributed by atoms with Crippen molar-refractivity contribution in [2.75, 3.05) is 23.7 Å². The van der Waals surface area contributed by atoms with Crippen molar-refractivity contribution in [3.05, 3.63) is 113 Å². The van der Waals surface area contributed by atoms with Gasteiger partial charge in [0, 0.05) is 35.3 Å². The number of nitrogens with one attached hydrogen (secondary N) is 2. The third-order valence-corrected chi connectivity index (χ3v) is 8.11. The second-order valence-corrected chi connectivity index (χ2v) is 11.2. The molecule has 9 nitrogen and oxygen atoms in total. The van der Waals surface area contributed by atoms with Crippen LogP contribution in [-0.2, 0) is 21.6 Å². The molecule has 10 heteroatoms. The van der Waals surface area contributed by atoms with Gasteiger partial charge in [0.1, 0.15) is 11.9 Å². The lowest BCUT2D eigenvalue weighted by Gasteiger charge is -2.45. The molecule has 6 rings (SSSR count). The van der Waals surface area contributed by atoms with Gasteiger partial charge < -0.3 is 20.1 Å². The molecule has 1 saturated heterocycles. The summed E-state index contributed by atoms with van der Waals surface area (Å²) in [5.41, 5.74) is 3.04. The molecule has 2 atom stereocenters. The number of halogens is 1. The molecule has 1 spiro atoms. The number of aromatic nitrogens is 1. The zero-order valence-electron chi connectivity index (χ0n) is 23.1. The number of likely N-dealkylation sites (tertiary alicyclic amines) is 1. The number of hydrogen-bond acceptors (Lipinski definition) is 6. The van der Waals surface area contributed by atoms with E-state index in [1.54, 1.807) is 47.5 Å². The van der Waals surface area contributed by atoms with Crippen LogP contribution in [0.3, 0.4) is 0 Å². The lowest BCUT2D eigenvalue weighted by Crippen LogP contribution is -2.56. The summed E-state index contributed by atoms with van der Waals surface area (Å²) in [6.45, 7) is 0.715. The molecule has 3 N–H and O–H groups in total. The van der Waals surface area contributed by atoms with E-state index in [9.17, 15) is 19.5 Å². The van der Waals surface area contributed by atoms with Gasteiger partial charge in [-0.1, -0.05) is 54.1 Å². The summed E-state index contributed by atoms with van der Waals surface area (Å²) in [5, 5.41) is 15.9. The Balaban J connectivity index is 1.26. The van der Waals surface area contributed by atoms with Gasteiger partial charge in [0.25, 0.3) is 0 Å². The van der Waals surface area contributed by atoms with E-state index in [-0.39, 0.29) is 18.0 Å². The van der Waals surface area contributed by atoms with Crippen molar-refractivity contribution in [1.82, 2.24) is 9.88 Å². The first-order valence-corrected chi connectivity index (χ1v) is 14.4. The molecule has 2 amide bonds. The Kier molecular flexibility index (Phi) is 7.73. The normalized spacial score (nSPS) is 18.3. The Morgan fingerprint density at radius 2 is 1.88 bits per heavy atom. The number of pyridine rings is 1. The average Bonchev–Trinajstić information content (AvgIpc) is 3.02. The number of amides is 2. The van der Waals surface area contributed by atoms with E-state index in [1.807, 2.05) is 42.5 Å². The van der Waals surface area contributed by atoms with Crippen molar-refractivity contribution in [2.45, 2.75) is 30.9 Å². The zero-order valence-corrected chi connectivity index (χ0v) is 23.9. The van der Waals surface area contributed by atoms with E-state index in [1.165, 1.54) is 6.07 Å². The number of ether oxygens (including phenoxy) is 1. The number of aromatic carboxylic acids is 1. The summed E-state index contributed by atoms with van der Waals surface area (Å²) >= 11 is 6.33. The highest BCUT2D eigenvalue weighted by Crippen LogP contribution is 2.43. The van der Waals surface area contributed by atoms with Crippen LogP contribution >= 0.6 is 11.6 Å². The molecule has 43 heavy (non-hydrogen) atoms. The number of carbonyl (C=O) groups excluding carboxylic acids is 2. The summed E-state index contributed by atoms with van der Waals surface area (Å²) in [6.07, 6.45) is 2.72. The number of anilines is 2. The summed E-state index contributed by atoms with van der Waals surface area (Å²) in [7, 11) is 0. The van der Waals surface area contributed by atoms with Crippen molar-refractivity contribution in [1.29, 1.82) is 0 Å². The first kappa shape index (κ1) is 28.2. The van der Waals surface area contributed by atoms with Crippen molar-refractivity contribution in [2.24, 2.45) is 0 Å². The fourth-order valence-electron chi connectivity index (χ4n) is 5.81. The number of hydrogen-bond donors (Lipinski definition) is 3. The van der Waals surface area contributed by atoms with E-state index in [4.69, 9.17) is 16.3 Å². The smallest absolute Gasteiger partial charge is 0.412 e. The second kappa shape index (κ2) is 11.8. The Morgan fingerprint density at radius 3 is 2.65 bits per heavy atom. The minimum Gasteiger partial charge on any atom is -0.478 e. The summed E-state index contributed by atoms with van der Waals surface area (Å²) in [5.74, 6) is -0.633. The Hall–Kier alpha value is -4.89. The lowest BCUT2D eigenvalue weighted by molar-refractivity contribution is -0.139. The number of nitrogens with zero attached hydrogens (tertiary/aromatic N) is 2. The quantitative estimate of drug-likeness (QED) is 0.232. The van der Waals surface area contributed by atoms with Crippen LogP contribution in [0.5, 0.6) is 0 Å². The minimum absolute atomic E-state index is 0.138. The number of rotatable bonds is 7. The number of fused-ring (bicyclic) bond motifs is 2. The summed E-state index contributed by atoms with van der Waals surface area (Å²) < 4.78 is 5.90. The third-order valence-electron chi connectivity index (χ3n) is 7.87. The second-order valence-electron chi connectivity index (χ2n) is 10.8.